The van der Waals surface area contributed by atoms with Gasteiger partial charge >= 0.3 is 0 Å². The van der Waals surface area contributed by atoms with E-state index in [0.717, 1.165) is 0 Å². The van der Waals surface area contributed by atoms with Gasteiger partial charge in [-0.25, -0.2) is 0 Å². The van der Waals surface area contributed by atoms with Crippen molar-refractivity contribution in [1.82, 2.24) is 24.9 Å². The van der Waals surface area contributed by atoms with Gasteiger partial charge in [-0.1, -0.05) is 0 Å². The standard InChI is InChI=1S/C15H22N6O4/c1-19(2)13(23)9-20-7-5-10(18-20)15(25)17-8-12(22)21-6-3-4-11(21)14(16)24/h5,7,11H,3-4,6,8-9H2,1-2H3,(H2,16,24)(H,17,25). The second-order valence-electron chi connectivity index (χ2n) is 6.02. The van der Waals surface area contributed by atoms with Crippen LogP contribution in [0, 0.1) is 0 Å². The first kappa shape index (κ1) is 18.4. The summed E-state index contributed by atoms with van der Waals surface area (Å²) < 4.78 is 1.35. The monoisotopic (exact) mass is 350 g/mol. The zero-order valence-electron chi connectivity index (χ0n) is 14.3. The molecule has 1 aliphatic heterocycles. The second kappa shape index (κ2) is 7.77. The van der Waals surface area contributed by atoms with Gasteiger partial charge in [-0.15, -0.1) is 0 Å². The van der Waals surface area contributed by atoms with Crippen LogP contribution in [0.25, 0.3) is 0 Å². The first-order chi connectivity index (χ1) is 11.8. The van der Waals surface area contributed by atoms with Crippen LogP contribution >= 0.6 is 0 Å². The Balaban J connectivity index is 1.88. The molecule has 2 rings (SSSR count). The smallest absolute Gasteiger partial charge is 0.272 e. The van der Waals surface area contributed by atoms with Crippen LogP contribution in [0.15, 0.2) is 12.3 Å². The molecular weight excluding hydrogens is 328 g/mol. The van der Waals surface area contributed by atoms with Crippen LogP contribution in [-0.2, 0) is 20.9 Å². The summed E-state index contributed by atoms with van der Waals surface area (Å²) in [5.74, 6) is -1.59. The molecule has 136 valence electrons. The Morgan fingerprint density at radius 3 is 2.72 bits per heavy atom. The van der Waals surface area contributed by atoms with E-state index in [-0.39, 0.29) is 30.6 Å². The van der Waals surface area contributed by atoms with E-state index in [1.807, 2.05) is 0 Å². The van der Waals surface area contributed by atoms with Crippen molar-refractivity contribution in [3.63, 3.8) is 0 Å². The number of likely N-dealkylation sites (N-methyl/N-ethyl adjacent to an activating group) is 1. The second-order valence-corrected chi connectivity index (χ2v) is 6.02. The largest absolute Gasteiger partial charge is 0.368 e. The first-order valence-corrected chi connectivity index (χ1v) is 7.90. The normalized spacial score (nSPS) is 16.6. The lowest BCUT2D eigenvalue weighted by atomic mass is 10.2. The molecule has 2 heterocycles. The molecule has 1 aliphatic rings. The number of carbonyl (C=O) groups excluding carboxylic acids is 4. The van der Waals surface area contributed by atoms with E-state index in [9.17, 15) is 19.2 Å². The highest BCUT2D eigenvalue weighted by Crippen LogP contribution is 2.16. The topological polar surface area (TPSA) is 131 Å². The Bertz CT molecular complexity index is 683. The van der Waals surface area contributed by atoms with Crippen LogP contribution in [0.3, 0.4) is 0 Å². The van der Waals surface area contributed by atoms with Gasteiger partial charge in [-0.2, -0.15) is 5.10 Å². The number of likely N-dealkylation sites (tertiary alicyclic amines) is 1. The molecule has 0 bridgehead atoms. The maximum absolute atomic E-state index is 12.1. The fourth-order valence-electron chi connectivity index (χ4n) is 2.56. The third-order valence-corrected chi connectivity index (χ3v) is 3.97. The molecule has 1 unspecified atom stereocenters. The van der Waals surface area contributed by atoms with E-state index < -0.39 is 17.9 Å². The molecule has 3 N–H and O–H groups in total. The summed E-state index contributed by atoms with van der Waals surface area (Å²) in [6, 6.07) is 0.853. The van der Waals surface area contributed by atoms with Gasteiger partial charge in [0.25, 0.3) is 5.91 Å². The molecule has 0 spiro atoms. The average Bonchev–Trinajstić information content (AvgIpc) is 3.21. The maximum Gasteiger partial charge on any atom is 0.272 e. The van der Waals surface area contributed by atoms with Crippen molar-refractivity contribution in [3.05, 3.63) is 18.0 Å². The number of carbonyl (C=O) groups is 4. The van der Waals surface area contributed by atoms with Crippen molar-refractivity contribution in [2.75, 3.05) is 27.2 Å². The number of hydrogen-bond acceptors (Lipinski definition) is 5. The lowest BCUT2D eigenvalue weighted by Crippen LogP contribution is -2.47. The van der Waals surface area contributed by atoms with Crippen molar-refractivity contribution in [3.8, 4) is 0 Å². The van der Waals surface area contributed by atoms with Gasteiger partial charge in [0.05, 0.1) is 6.54 Å². The van der Waals surface area contributed by atoms with E-state index in [1.54, 1.807) is 14.1 Å². The molecule has 1 aromatic heterocycles. The number of rotatable bonds is 6. The van der Waals surface area contributed by atoms with Gasteiger partial charge in [-0.3, -0.25) is 23.9 Å². The number of nitrogens with zero attached hydrogens (tertiary/aromatic N) is 4. The summed E-state index contributed by atoms with van der Waals surface area (Å²) in [6.07, 6.45) is 2.76. The molecule has 1 fully saturated rings. The van der Waals surface area contributed by atoms with Crippen molar-refractivity contribution in [2.45, 2.75) is 25.4 Å². The Labute approximate surface area is 144 Å². The molecule has 0 aliphatic carbocycles. The number of nitrogens with two attached hydrogens (primary N) is 1. The Hall–Kier alpha value is -2.91. The van der Waals surface area contributed by atoms with Crippen LogP contribution in [0.2, 0.25) is 0 Å². The fourth-order valence-corrected chi connectivity index (χ4v) is 2.56. The molecule has 10 nitrogen and oxygen atoms in total. The van der Waals surface area contributed by atoms with Crippen LogP contribution in [0.1, 0.15) is 23.3 Å². The van der Waals surface area contributed by atoms with Crippen LogP contribution in [0.4, 0.5) is 0 Å². The number of nitrogens with one attached hydrogen (secondary N) is 1. The molecule has 1 saturated heterocycles. The van der Waals surface area contributed by atoms with E-state index in [2.05, 4.69) is 10.4 Å². The van der Waals surface area contributed by atoms with Crippen molar-refractivity contribution < 1.29 is 19.2 Å². The number of aromatic nitrogens is 2. The summed E-state index contributed by atoms with van der Waals surface area (Å²) in [5, 5.41) is 6.48. The number of hydrogen-bond donors (Lipinski definition) is 2. The Morgan fingerprint density at radius 1 is 1.36 bits per heavy atom. The lowest BCUT2D eigenvalue weighted by Gasteiger charge is -2.22. The average molecular weight is 350 g/mol. The predicted octanol–water partition coefficient (Wildman–Crippen LogP) is -1.82. The number of primary amides is 1. The third-order valence-electron chi connectivity index (χ3n) is 3.97. The molecular formula is C15H22N6O4. The minimum absolute atomic E-state index is 0.0211. The third kappa shape index (κ3) is 4.55. The van der Waals surface area contributed by atoms with E-state index in [0.29, 0.717) is 19.4 Å². The predicted molar refractivity (Wildman–Crippen MR) is 87.2 cm³/mol. The fraction of sp³-hybridized carbons (Fsp3) is 0.533. The summed E-state index contributed by atoms with van der Waals surface area (Å²) in [5.41, 5.74) is 5.38. The summed E-state index contributed by atoms with van der Waals surface area (Å²) in [7, 11) is 3.26. The molecule has 25 heavy (non-hydrogen) atoms. The minimum Gasteiger partial charge on any atom is -0.368 e. The van der Waals surface area contributed by atoms with Gasteiger partial charge in [0.1, 0.15) is 18.3 Å². The highest BCUT2D eigenvalue weighted by atomic mass is 16.2. The lowest BCUT2D eigenvalue weighted by molar-refractivity contribution is -0.136. The quantitative estimate of drug-likeness (QED) is 0.624. The summed E-state index contributed by atoms with van der Waals surface area (Å²) in [4.78, 5) is 50.0. The zero-order valence-corrected chi connectivity index (χ0v) is 14.3. The van der Waals surface area contributed by atoms with E-state index >= 15 is 0 Å². The van der Waals surface area contributed by atoms with Crippen molar-refractivity contribution in [2.24, 2.45) is 5.73 Å². The van der Waals surface area contributed by atoms with Crippen LogP contribution in [0.5, 0.6) is 0 Å². The van der Waals surface area contributed by atoms with Crippen molar-refractivity contribution in [1.29, 1.82) is 0 Å². The highest BCUT2D eigenvalue weighted by Gasteiger charge is 2.32. The molecule has 4 amide bonds. The highest BCUT2D eigenvalue weighted by molar-refractivity contribution is 5.95. The molecule has 10 heteroatoms. The van der Waals surface area contributed by atoms with E-state index in [1.165, 1.54) is 26.7 Å². The van der Waals surface area contributed by atoms with Gasteiger partial charge in [0.2, 0.25) is 17.7 Å². The van der Waals surface area contributed by atoms with Gasteiger partial charge in [0, 0.05) is 26.8 Å². The van der Waals surface area contributed by atoms with Gasteiger partial charge in [0.15, 0.2) is 0 Å². The van der Waals surface area contributed by atoms with E-state index in [4.69, 9.17) is 5.73 Å². The Morgan fingerprint density at radius 2 is 2.08 bits per heavy atom. The van der Waals surface area contributed by atoms with Gasteiger partial charge < -0.3 is 20.9 Å². The summed E-state index contributed by atoms with van der Waals surface area (Å²) in [6.45, 7) is 0.225. The molecule has 1 atom stereocenters. The molecule has 1 aromatic rings. The maximum atomic E-state index is 12.1. The van der Waals surface area contributed by atoms with Gasteiger partial charge in [-0.05, 0) is 18.9 Å². The van der Waals surface area contributed by atoms with Crippen LogP contribution in [-0.4, -0.2) is 76.4 Å². The zero-order chi connectivity index (χ0) is 18.6. The molecule has 0 aromatic carbocycles. The summed E-state index contributed by atoms with van der Waals surface area (Å²) >= 11 is 0. The Kier molecular flexibility index (Phi) is 5.73. The first-order valence-electron chi connectivity index (χ1n) is 7.90. The van der Waals surface area contributed by atoms with Crippen molar-refractivity contribution >= 4 is 23.6 Å². The number of amides is 4. The molecule has 0 saturated carbocycles. The molecule has 0 radical (unpaired) electrons. The SMILES string of the molecule is CN(C)C(=O)Cn1ccc(C(=O)NCC(=O)N2CCCC2C(N)=O)n1. The minimum atomic E-state index is -0.611. The van der Waals surface area contributed by atoms with Crippen LogP contribution < -0.4 is 11.1 Å².